The number of hydrogen-bond acceptors (Lipinski definition) is 2. The Morgan fingerprint density at radius 1 is 1.25 bits per heavy atom. The van der Waals surface area contributed by atoms with Crippen molar-refractivity contribution in [2.45, 2.75) is 52.0 Å². The third kappa shape index (κ3) is 4.02. The van der Waals surface area contributed by atoms with Crippen molar-refractivity contribution in [3.63, 3.8) is 0 Å². The summed E-state index contributed by atoms with van der Waals surface area (Å²) in [4.78, 5) is 0. The summed E-state index contributed by atoms with van der Waals surface area (Å²) in [6, 6.07) is 9.86. The van der Waals surface area contributed by atoms with E-state index in [2.05, 4.69) is 69.0 Å². The van der Waals surface area contributed by atoms with Crippen molar-refractivity contribution in [2.75, 3.05) is 18.1 Å². The quantitative estimate of drug-likeness (QED) is 0.838. The molecule has 2 rings (SSSR count). The highest BCUT2D eigenvalue weighted by atomic mass is 32.2. The molecule has 0 radical (unpaired) electrons. The van der Waals surface area contributed by atoms with Gasteiger partial charge in [-0.1, -0.05) is 52.0 Å². The van der Waals surface area contributed by atoms with E-state index in [1.807, 2.05) is 0 Å². The molecule has 112 valence electrons. The molecule has 2 atom stereocenters. The summed E-state index contributed by atoms with van der Waals surface area (Å²) < 4.78 is 0. The van der Waals surface area contributed by atoms with Crippen LogP contribution in [0.3, 0.4) is 0 Å². The lowest BCUT2D eigenvalue weighted by Crippen LogP contribution is -2.29. The van der Waals surface area contributed by atoms with Crippen LogP contribution in [-0.4, -0.2) is 18.1 Å². The zero-order chi connectivity index (χ0) is 14.6. The molecule has 1 aliphatic rings. The molecule has 2 heteroatoms. The Balaban J connectivity index is 2.15. The Kier molecular flexibility index (Phi) is 5.57. The summed E-state index contributed by atoms with van der Waals surface area (Å²) in [6.45, 7) is 10.2. The molecule has 1 heterocycles. The largest absolute Gasteiger partial charge is 0.310 e. The Labute approximate surface area is 128 Å². The van der Waals surface area contributed by atoms with Gasteiger partial charge in [0.2, 0.25) is 0 Å². The minimum Gasteiger partial charge on any atom is -0.310 e. The minimum atomic E-state index is 0.244. The van der Waals surface area contributed by atoms with Crippen LogP contribution in [0.25, 0.3) is 0 Å². The second-order valence-corrected chi connectivity index (χ2v) is 8.08. The molecular weight excluding hydrogens is 262 g/mol. The second-order valence-electron chi connectivity index (χ2n) is 6.93. The van der Waals surface area contributed by atoms with Crippen LogP contribution in [0.5, 0.6) is 0 Å². The number of rotatable bonds is 5. The van der Waals surface area contributed by atoms with Crippen molar-refractivity contribution in [3.05, 3.63) is 35.4 Å². The first-order valence-corrected chi connectivity index (χ1v) is 9.09. The molecule has 1 nitrogen and oxygen atoms in total. The summed E-state index contributed by atoms with van der Waals surface area (Å²) >= 11 is 2.11. The van der Waals surface area contributed by atoms with E-state index in [9.17, 15) is 0 Å². The molecule has 20 heavy (non-hydrogen) atoms. The molecule has 1 aromatic rings. The first-order valence-electron chi connectivity index (χ1n) is 7.94. The molecule has 0 spiro atoms. The number of hydrogen-bond donors (Lipinski definition) is 1. The molecule has 0 saturated carbocycles. The number of nitrogens with one attached hydrogen (secondary N) is 1. The molecular formula is C18H29NS. The molecule has 1 fully saturated rings. The number of thioether (sulfide) groups is 1. The molecule has 0 amide bonds. The average molecular weight is 292 g/mol. The summed E-state index contributed by atoms with van der Waals surface area (Å²) in [6.07, 6.45) is 2.56. The van der Waals surface area contributed by atoms with Gasteiger partial charge in [-0.25, -0.2) is 0 Å². The van der Waals surface area contributed by atoms with Gasteiger partial charge in [0, 0.05) is 6.04 Å². The van der Waals surface area contributed by atoms with Crippen molar-refractivity contribution in [1.29, 1.82) is 0 Å². The predicted octanol–water partition coefficient (Wildman–Crippen LogP) is 4.78. The fraction of sp³-hybridized carbons (Fsp3) is 0.667. The number of benzene rings is 1. The van der Waals surface area contributed by atoms with Gasteiger partial charge in [-0.3, -0.25) is 0 Å². The zero-order valence-corrected chi connectivity index (χ0v) is 14.2. The van der Waals surface area contributed by atoms with Gasteiger partial charge < -0.3 is 5.32 Å². The first-order chi connectivity index (χ1) is 9.52. The second kappa shape index (κ2) is 7.00. The van der Waals surface area contributed by atoms with Crippen molar-refractivity contribution in [1.82, 2.24) is 5.32 Å². The Morgan fingerprint density at radius 2 is 1.95 bits per heavy atom. The Bertz CT molecular complexity index is 398. The average Bonchev–Trinajstić information content (AvgIpc) is 2.93. The fourth-order valence-electron chi connectivity index (χ4n) is 2.86. The molecule has 1 saturated heterocycles. The van der Waals surface area contributed by atoms with Gasteiger partial charge in [0.05, 0.1) is 0 Å². The predicted molar refractivity (Wildman–Crippen MR) is 91.6 cm³/mol. The summed E-state index contributed by atoms with van der Waals surface area (Å²) in [5.41, 5.74) is 3.14. The molecule has 0 aromatic heterocycles. The smallest absolute Gasteiger partial charge is 0.0356 e. The SMILES string of the molecule is CCCNC(c1ccc(C(C)(C)C)cc1)C1CCSC1. The van der Waals surface area contributed by atoms with Gasteiger partial charge in [-0.05, 0) is 53.4 Å². The van der Waals surface area contributed by atoms with Gasteiger partial charge >= 0.3 is 0 Å². The van der Waals surface area contributed by atoms with Crippen LogP contribution in [0.1, 0.15) is 57.7 Å². The Morgan fingerprint density at radius 3 is 2.45 bits per heavy atom. The highest BCUT2D eigenvalue weighted by Crippen LogP contribution is 2.35. The standard InChI is InChI=1S/C18H29NS/c1-5-11-19-17(15-10-12-20-13-15)14-6-8-16(9-7-14)18(2,3)4/h6-9,15,17,19H,5,10-13H2,1-4H3. The monoisotopic (exact) mass is 291 g/mol. The highest BCUT2D eigenvalue weighted by Gasteiger charge is 2.26. The van der Waals surface area contributed by atoms with Crippen LogP contribution in [-0.2, 0) is 5.41 Å². The maximum absolute atomic E-state index is 3.77. The van der Waals surface area contributed by atoms with E-state index in [-0.39, 0.29) is 5.41 Å². The van der Waals surface area contributed by atoms with Crippen molar-refractivity contribution in [3.8, 4) is 0 Å². The molecule has 1 aliphatic heterocycles. The summed E-state index contributed by atoms with van der Waals surface area (Å²) in [5.74, 6) is 3.43. The minimum absolute atomic E-state index is 0.244. The van der Waals surface area contributed by atoms with Crippen LogP contribution in [0.4, 0.5) is 0 Å². The van der Waals surface area contributed by atoms with E-state index in [0.717, 1.165) is 12.5 Å². The van der Waals surface area contributed by atoms with E-state index in [4.69, 9.17) is 0 Å². The lowest BCUT2D eigenvalue weighted by molar-refractivity contribution is 0.393. The third-order valence-electron chi connectivity index (χ3n) is 4.19. The zero-order valence-electron chi connectivity index (χ0n) is 13.4. The van der Waals surface area contributed by atoms with Gasteiger partial charge in [-0.2, -0.15) is 11.8 Å². The normalized spacial score (nSPS) is 21.1. The lowest BCUT2D eigenvalue weighted by atomic mass is 9.85. The maximum Gasteiger partial charge on any atom is 0.0356 e. The van der Waals surface area contributed by atoms with Crippen LogP contribution in [0.2, 0.25) is 0 Å². The summed E-state index contributed by atoms with van der Waals surface area (Å²) in [5, 5.41) is 3.77. The van der Waals surface area contributed by atoms with Crippen molar-refractivity contribution >= 4 is 11.8 Å². The Hall–Kier alpha value is -0.470. The van der Waals surface area contributed by atoms with Gasteiger partial charge in [0.25, 0.3) is 0 Å². The van der Waals surface area contributed by atoms with Gasteiger partial charge in [-0.15, -0.1) is 0 Å². The summed E-state index contributed by atoms with van der Waals surface area (Å²) in [7, 11) is 0. The van der Waals surface area contributed by atoms with Gasteiger partial charge in [0.15, 0.2) is 0 Å². The lowest BCUT2D eigenvalue weighted by Gasteiger charge is -2.26. The van der Waals surface area contributed by atoms with E-state index in [1.165, 1.54) is 35.5 Å². The molecule has 0 bridgehead atoms. The first kappa shape index (κ1) is 15.9. The van der Waals surface area contributed by atoms with Crippen LogP contribution < -0.4 is 5.32 Å². The van der Waals surface area contributed by atoms with Crippen LogP contribution >= 0.6 is 11.8 Å². The fourth-order valence-corrected chi connectivity index (χ4v) is 4.16. The van der Waals surface area contributed by atoms with E-state index in [0.29, 0.717) is 6.04 Å². The molecule has 1 aromatic carbocycles. The molecule has 1 N–H and O–H groups in total. The maximum atomic E-state index is 3.77. The molecule has 0 aliphatic carbocycles. The van der Waals surface area contributed by atoms with Gasteiger partial charge in [0.1, 0.15) is 0 Å². The van der Waals surface area contributed by atoms with E-state index in [1.54, 1.807) is 0 Å². The van der Waals surface area contributed by atoms with Crippen molar-refractivity contribution < 1.29 is 0 Å². The van der Waals surface area contributed by atoms with Crippen LogP contribution in [0.15, 0.2) is 24.3 Å². The van der Waals surface area contributed by atoms with E-state index >= 15 is 0 Å². The van der Waals surface area contributed by atoms with E-state index < -0.39 is 0 Å². The molecule has 2 unspecified atom stereocenters. The topological polar surface area (TPSA) is 12.0 Å². The van der Waals surface area contributed by atoms with Crippen molar-refractivity contribution in [2.24, 2.45) is 5.92 Å². The highest BCUT2D eigenvalue weighted by molar-refractivity contribution is 7.99. The third-order valence-corrected chi connectivity index (χ3v) is 5.37. The van der Waals surface area contributed by atoms with Crippen LogP contribution in [0, 0.1) is 5.92 Å².